The molecule has 1 aromatic rings. The number of alkyl halides is 1. The highest BCUT2D eigenvalue weighted by molar-refractivity contribution is 5.97. The molecule has 1 heterocycles. The minimum Gasteiger partial charge on any atom is -0.480 e. The molecule has 0 aromatic carbocycles. The molecule has 0 spiro atoms. The molecule has 1 amide bonds. The molecule has 106 valence electrons. The summed E-state index contributed by atoms with van der Waals surface area (Å²) >= 11 is 0. The van der Waals surface area contributed by atoms with Crippen LogP contribution < -0.4 is 5.32 Å². The number of aliphatic carboxylic acids is 1. The second kappa shape index (κ2) is 6.31. The number of carbonyl (C=O) groups excluding carboxylic acids is 1. The lowest BCUT2D eigenvalue weighted by atomic mass is 10.2. The summed E-state index contributed by atoms with van der Waals surface area (Å²) in [6.45, 7) is 5.26. The van der Waals surface area contributed by atoms with E-state index in [4.69, 9.17) is 5.11 Å². The van der Waals surface area contributed by atoms with Crippen molar-refractivity contribution in [3.05, 3.63) is 17.5 Å². The van der Waals surface area contributed by atoms with Crippen LogP contribution in [0.25, 0.3) is 0 Å². The van der Waals surface area contributed by atoms with Gasteiger partial charge in [0.1, 0.15) is 6.67 Å². The number of halogens is 1. The van der Waals surface area contributed by atoms with Crippen LogP contribution in [0.3, 0.4) is 0 Å². The van der Waals surface area contributed by atoms with Crippen molar-refractivity contribution in [3.8, 4) is 0 Å². The van der Waals surface area contributed by atoms with Crippen molar-refractivity contribution in [1.29, 1.82) is 0 Å². The molecule has 0 aliphatic rings. The molecule has 1 aromatic heterocycles. The Kier molecular flexibility index (Phi) is 5.02. The smallest absolute Gasteiger partial charge is 0.328 e. The maximum Gasteiger partial charge on any atom is 0.328 e. The zero-order chi connectivity index (χ0) is 14.6. The average molecular weight is 271 g/mol. The number of rotatable bonds is 6. The molecule has 1 atom stereocenters. The third-order valence-electron chi connectivity index (χ3n) is 2.64. The average Bonchev–Trinajstić information content (AvgIpc) is 2.66. The number of aromatic nitrogens is 2. The summed E-state index contributed by atoms with van der Waals surface area (Å²) in [6, 6.07) is -1.53. The molecule has 0 saturated carbocycles. The normalized spacial score (nSPS) is 12.5. The van der Waals surface area contributed by atoms with Gasteiger partial charge in [0.25, 0.3) is 5.91 Å². The molecule has 19 heavy (non-hydrogen) atoms. The van der Waals surface area contributed by atoms with E-state index in [1.165, 1.54) is 6.20 Å². The van der Waals surface area contributed by atoms with Gasteiger partial charge in [0.2, 0.25) is 0 Å². The fraction of sp³-hybridized carbons (Fsp3) is 0.583. The third-order valence-corrected chi connectivity index (χ3v) is 2.64. The van der Waals surface area contributed by atoms with Crippen LogP contribution in [-0.2, 0) is 11.3 Å². The molecule has 7 heteroatoms. The minimum absolute atomic E-state index is 0.264. The number of amides is 1. The van der Waals surface area contributed by atoms with Crippen LogP contribution in [0, 0.1) is 12.8 Å². The Morgan fingerprint density at radius 2 is 2.16 bits per heavy atom. The van der Waals surface area contributed by atoms with Gasteiger partial charge in [-0.3, -0.25) is 9.48 Å². The second-order valence-electron chi connectivity index (χ2n) is 4.74. The van der Waals surface area contributed by atoms with Crippen LogP contribution in [0.15, 0.2) is 6.20 Å². The number of nitrogens with zero attached hydrogens (tertiary/aromatic N) is 2. The van der Waals surface area contributed by atoms with E-state index < -0.39 is 24.6 Å². The molecule has 6 nitrogen and oxygen atoms in total. The first-order valence-corrected chi connectivity index (χ1v) is 5.98. The van der Waals surface area contributed by atoms with Gasteiger partial charge in [0.05, 0.1) is 11.8 Å². The first-order chi connectivity index (χ1) is 8.86. The molecule has 2 N–H and O–H groups in total. The Balaban J connectivity index is 2.83. The predicted molar refractivity (Wildman–Crippen MR) is 66.7 cm³/mol. The lowest BCUT2D eigenvalue weighted by Crippen LogP contribution is -2.42. The molecule has 0 saturated heterocycles. The third kappa shape index (κ3) is 3.77. The van der Waals surface area contributed by atoms with Gasteiger partial charge in [0.15, 0.2) is 6.04 Å². The molecule has 0 aliphatic carbocycles. The Morgan fingerprint density at radius 1 is 1.53 bits per heavy atom. The fourth-order valence-corrected chi connectivity index (χ4v) is 1.60. The number of carbonyl (C=O) groups is 2. The van der Waals surface area contributed by atoms with E-state index in [0.717, 1.165) is 0 Å². The van der Waals surface area contributed by atoms with Crippen LogP contribution in [0.1, 0.15) is 29.9 Å². The molecule has 0 aliphatic heterocycles. The van der Waals surface area contributed by atoms with Gasteiger partial charge in [0, 0.05) is 12.2 Å². The number of hydrogen-bond donors (Lipinski definition) is 2. The summed E-state index contributed by atoms with van der Waals surface area (Å²) < 4.78 is 14.1. The molecule has 0 radical (unpaired) electrons. The standard InChI is InChI=1S/C12H18FN3O3/c1-7(2)6-16-8(3)9(5-14-16)11(17)15-10(4-13)12(18)19/h5,7,10H,4,6H2,1-3H3,(H,15,17)(H,18,19). The topological polar surface area (TPSA) is 84.2 Å². The van der Waals surface area contributed by atoms with E-state index in [2.05, 4.69) is 10.4 Å². The van der Waals surface area contributed by atoms with Gasteiger partial charge in [-0.25, -0.2) is 9.18 Å². The highest BCUT2D eigenvalue weighted by atomic mass is 19.1. The minimum atomic E-state index is -1.53. The lowest BCUT2D eigenvalue weighted by Gasteiger charge is -2.11. The SMILES string of the molecule is Cc1c(C(=O)NC(CF)C(=O)O)cnn1CC(C)C. The summed E-state index contributed by atoms with van der Waals surface area (Å²) in [5.41, 5.74) is 0.898. The van der Waals surface area contributed by atoms with Crippen LogP contribution >= 0.6 is 0 Å². The van der Waals surface area contributed by atoms with Crippen molar-refractivity contribution in [2.24, 2.45) is 5.92 Å². The summed E-state index contributed by atoms with van der Waals surface area (Å²) in [5, 5.41) is 14.9. The first-order valence-electron chi connectivity index (χ1n) is 5.98. The Hall–Kier alpha value is -1.92. The molecule has 0 bridgehead atoms. The number of carboxylic acids is 1. The number of carboxylic acid groups (broad SMARTS) is 1. The Labute approximate surface area is 110 Å². The first kappa shape index (κ1) is 15.1. The van der Waals surface area contributed by atoms with E-state index >= 15 is 0 Å². The maximum atomic E-state index is 12.4. The van der Waals surface area contributed by atoms with Gasteiger partial charge >= 0.3 is 5.97 Å². The fourth-order valence-electron chi connectivity index (χ4n) is 1.60. The molecule has 1 rings (SSSR count). The number of hydrogen-bond acceptors (Lipinski definition) is 3. The summed E-state index contributed by atoms with van der Waals surface area (Å²) in [6.07, 6.45) is 1.37. The monoisotopic (exact) mass is 271 g/mol. The van der Waals surface area contributed by atoms with E-state index in [9.17, 15) is 14.0 Å². The summed E-state index contributed by atoms with van der Waals surface area (Å²) in [5.74, 6) is -1.66. The molecular weight excluding hydrogens is 253 g/mol. The predicted octanol–water partition coefficient (Wildman–Crippen LogP) is 1.00. The van der Waals surface area contributed by atoms with Gasteiger partial charge < -0.3 is 10.4 Å². The molecule has 1 unspecified atom stereocenters. The van der Waals surface area contributed by atoms with Gasteiger partial charge in [-0.05, 0) is 12.8 Å². The van der Waals surface area contributed by atoms with Crippen molar-refractivity contribution in [1.82, 2.24) is 15.1 Å². The summed E-state index contributed by atoms with van der Waals surface area (Å²) in [7, 11) is 0. The van der Waals surface area contributed by atoms with E-state index in [1.54, 1.807) is 11.6 Å². The highest BCUT2D eigenvalue weighted by Gasteiger charge is 2.22. The van der Waals surface area contributed by atoms with Crippen molar-refractivity contribution in [2.75, 3.05) is 6.67 Å². The summed E-state index contributed by atoms with van der Waals surface area (Å²) in [4.78, 5) is 22.5. The van der Waals surface area contributed by atoms with Crippen LogP contribution in [0.2, 0.25) is 0 Å². The van der Waals surface area contributed by atoms with E-state index in [-0.39, 0.29) is 5.56 Å². The second-order valence-corrected chi connectivity index (χ2v) is 4.74. The van der Waals surface area contributed by atoms with Crippen molar-refractivity contribution in [2.45, 2.75) is 33.4 Å². The largest absolute Gasteiger partial charge is 0.480 e. The zero-order valence-electron chi connectivity index (χ0n) is 11.2. The molecular formula is C12H18FN3O3. The van der Waals surface area contributed by atoms with Crippen molar-refractivity contribution < 1.29 is 19.1 Å². The van der Waals surface area contributed by atoms with Gasteiger partial charge in [-0.1, -0.05) is 13.8 Å². The Bertz CT molecular complexity index is 471. The van der Waals surface area contributed by atoms with Crippen LogP contribution in [0.4, 0.5) is 4.39 Å². The quantitative estimate of drug-likeness (QED) is 0.808. The van der Waals surface area contributed by atoms with Gasteiger partial charge in [-0.2, -0.15) is 5.10 Å². The lowest BCUT2D eigenvalue weighted by molar-refractivity contribution is -0.139. The van der Waals surface area contributed by atoms with Crippen LogP contribution in [-0.4, -0.2) is 39.5 Å². The highest BCUT2D eigenvalue weighted by Crippen LogP contribution is 2.10. The van der Waals surface area contributed by atoms with Gasteiger partial charge in [-0.15, -0.1) is 0 Å². The zero-order valence-corrected chi connectivity index (χ0v) is 11.2. The van der Waals surface area contributed by atoms with E-state index in [1.807, 2.05) is 13.8 Å². The van der Waals surface area contributed by atoms with E-state index in [0.29, 0.717) is 18.2 Å². The Morgan fingerprint density at radius 3 is 2.63 bits per heavy atom. The number of nitrogens with one attached hydrogen (secondary N) is 1. The molecule has 0 fully saturated rings. The van der Waals surface area contributed by atoms with Crippen LogP contribution in [0.5, 0.6) is 0 Å². The van der Waals surface area contributed by atoms with Crippen molar-refractivity contribution >= 4 is 11.9 Å². The maximum absolute atomic E-state index is 12.4. The van der Waals surface area contributed by atoms with Crippen molar-refractivity contribution in [3.63, 3.8) is 0 Å².